The molecule has 0 spiro atoms. The van der Waals surface area contributed by atoms with Gasteiger partial charge in [0.1, 0.15) is 0 Å². The van der Waals surface area contributed by atoms with E-state index in [4.69, 9.17) is 20.4 Å². The van der Waals surface area contributed by atoms with Gasteiger partial charge in [-0.1, -0.05) is 41.5 Å². The minimum Gasteiger partial charge on any atom is -0.396 e. The van der Waals surface area contributed by atoms with Gasteiger partial charge >= 0.3 is 0 Å². The van der Waals surface area contributed by atoms with E-state index in [0.717, 1.165) is 25.8 Å². The van der Waals surface area contributed by atoms with E-state index in [9.17, 15) is 0 Å². The predicted octanol–water partition coefficient (Wildman–Crippen LogP) is 2.61. The number of nitrogens with zero attached hydrogens (tertiary/aromatic N) is 1. The Hall–Kier alpha value is 0.514. The summed E-state index contributed by atoms with van der Waals surface area (Å²) in [6, 6.07) is 0. The van der Waals surface area contributed by atoms with Gasteiger partial charge in [0.05, 0.1) is 6.61 Å². The molecule has 0 aliphatic heterocycles. The average molecular weight is 401 g/mol. The van der Waals surface area contributed by atoms with Crippen LogP contribution in [0.5, 0.6) is 0 Å². The third-order valence-electron chi connectivity index (χ3n) is 2.67. The first-order chi connectivity index (χ1) is 11.1. The summed E-state index contributed by atoms with van der Waals surface area (Å²) in [5.41, 5.74) is 0. The second-order valence-corrected chi connectivity index (χ2v) is 7.25. The van der Waals surface area contributed by atoms with Gasteiger partial charge in [-0.25, -0.2) is 0 Å². The summed E-state index contributed by atoms with van der Waals surface area (Å²) >= 11 is 0. The third-order valence-corrected chi connectivity index (χ3v) is 2.67. The standard InChI is InChI=1S/3C5H12O.C4H11NO.Ti/c4*1-5(2)3-4-6;/h3*5-6H,3-4H2,1-2H3;6H,3-4H2,1-2H3;. The van der Waals surface area contributed by atoms with Gasteiger partial charge < -0.3 is 25.3 Å². The molecule has 0 fully saturated rings. The van der Waals surface area contributed by atoms with Crippen LogP contribution in [-0.4, -0.2) is 72.4 Å². The maximum atomic E-state index is 8.24. The predicted molar refractivity (Wildman–Crippen MR) is 105 cm³/mol. The molecular weight excluding hydrogens is 354 g/mol. The number of hydrogen-bond donors (Lipinski definition) is 4. The fourth-order valence-electron chi connectivity index (χ4n) is 0.975. The van der Waals surface area contributed by atoms with Crippen molar-refractivity contribution in [2.45, 2.75) is 60.8 Å². The molecule has 0 unspecified atom stereocenters. The molecule has 5 nitrogen and oxygen atoms in total. The first kappa shape index (κ1) is 36.4. The van der Waals surface area contributed by atoms with Crippen molar-refractivity contribution in [1.29, 1.82) is 0 Å². The van der Waals surface area contributed by atoms with Crippen LogP contribution in [-0.2, 0) is 21.7 Å². The van der Waals surface area contributed by atoms with Crippen LogP contribution in [0.1, 0.15) is 60.8 Å². The zero-order valence-electron chi connectivity index (χ0n) is 18.1. The second-order valence-electron chi connectivity index (χ2n) is 7.25. The van der Waals surface area contributed by atoms with Gasteiger partial charge in [0.15, 0.2) is 0 Å². The first-order valence-electron chi connectivity index (χ1n) is 9.16. The Bertz CT molecular complexity index is 152. The molecule has 0 aliphatic rings. The maximum absolute atomic E-state index is 8.24. The molecule has 0 bridgehead atoms. The van der Waals surface area contributed by atoms with Crippen LogP contribution in [0, 0.1) is 17.8 Å². The third kappa shape index (κ3) is 79.3. The molecule has 0 saturated carbocycles. The van der Waals surface area contributed by atoms with Crippen molar-refractivity contribution in [2.24, 2.45) is 17.8 Å². The Labute approximate surface area is 172 Å². The summed E-state index contributed by atoms with van der Waals surface area (Å²) in [6.45, 7) is 14.6. The molecule has 0 aromatic carbocycles. The maximum Gasteiger partial charge on any atom is 0.0558 e. The summed E-state index contributed by atoms with van der Waals surface area (Å²) in [5, 5.41) is 32.9. The van der Waals surface area contributed by atoms with E-state index in [1.807, 2.05) is 19.0 Å². The molecular formula is C19H47NO4Ti. The average Bonchev–Trinajstić information content (AvgIpc) is 2.39. The Morgan fingerprint density at radius 3 is 0.800 bits per heavy atom. The van der Waals surface area contributed by atoms with Crippen LogP contribution in [0.15, 0.2) is 0 Å². The molecule has 0 aliphatic carbocycles. The largest absolute Gasteiger partial charge is 0.396 e. The molecule has 0 aromatic heterocycles. The number of rotatable bonds is 8. The van der Waals surface area contributed by atoms with E-state index in [1.165, 1.54) is 0 Å². The van der Waals surface area contributed by atoms with Gasteiger partial charge in [0, 0.05) is 48.1 Å². The van der Waals surface area contributed by atoms with Crippen LogP contribution >= 0.6 is 0 Å². The van der Waals surface area contributed by atoms with E-state index in [2.05, 4.69) is 41.5 Å². The molecule has 0 atom stereocenters. The normalized spacial score (nSPS) is 9.60. The molecule has 0 saturated heterocycles. The number of hydrogen-bond acceptors (Lipinski definition) is 5. The molecule has 0 radical (unpaired) electrons. The molecule has 25 heavy (non-hydrogen) atoms. The number of aliphatic hydroxyl groups excluding tert-OH is 4. The fraction of sp³-hybridized carbons (Fsp3) is 1.00. The summed E-state index contributed by atoms with van der Waals surface area (Å²) in [7, 11) is 3.85. The fourth-order valence-corrected chi connectivity index (χ4v) is 0.975. The first-order valence-corrected chi connectivity index (χ1v) is 9.16. The summed E-state index contributed by atoms with van der Waals surface area (Å²) < 4.78 is 0. The monoisotopic (exact) mass is 401 g/mol. The van der Waals surface area contributed by atoms with Crippen LogP contribution in [0.3, 0.4) is 0 Å². The van der Waals surface area contributed by atoms with Crippen LogP contribution < -0.4 is 0 Å². The van der Waals surface area contributed by atoms with E-state index < -0.39 is 0 Å². The summed E-state index contributed by atoms with van der Waals surface area (Å²) in [4.78, 5) is 1.93. The zero-order valence-corrected chi connectivity index (χ0v) is 19.7. The molecule has 4 N–H and O–H groups in total. The van der Waals surface area contributed by atoms with Gasteiger partial charge in [-0.2, -0.15) is 0 Å². The quantitative estimate of drug-likeness (QED) is 0.470. The Kier molecular flexibility index (Phi) is 46.9. The van der Waals surface area contributed by atoms with Crippen molar-refractivity contribution < 1.29 is 42.1 Å². The Morgan fingerprint density at radius 2 is 0.800 bits per heavy atom. The molecule has 0 aromatic rings. The van der Waals surface area contributed by atoms with Crippen molar-refractivity contribution in [3.63, 3.8) is 0 Å². The second kappa shape index (κ2) is 32.2. The van der Waals surface area contributed by atoms with Crippen molar-refractivity contribution in [1.82, 2.24) is 4.90 Å². The van der Waals surface area contributed by atoms with Gasteiger partial charge in [-0.15, -0.1) is 0 Å². The molecule has 0 rings (SSSR count). The van der Waals surface area contributed by atoms with Crippen molar-refractivity contribution >= 4 is 0 Å². The van der Waals surface area contributed by atoms with E-state index in [0.29, 0.717) is 37.6 Å². The zero-order chi connectivity index (χ0) is 20.0. The van der Waals surface area contributed by atoms with Gasteiger partial charge in [-0.3, -0.25) is 0 Å². The Balaban J connectivity index is -0.0000000702. The van der Waals surface area contributed by atoms with E-state index >= 15 is 0 Å². The SMILES string of the molecule is CC(C)CCO.CC(C)CCO.CC(C)CCO.CN(C)CCO.[Ti]. The van der Waals surface area contributed by atoms with Crippen molar-refractivity contribution in [3.8, 4) is 0 Å². The van der Waals surface area contributed by atoms with E-state index in [-0.39, 0.29) is 28.3 Å². The summed E-state index contributed by atoms with van der Waals surface area (Å²) in [5.74, 6) is 1.94. The Morgan fingerprint density at radius 1 is 0.560 bits per heavy atom. The minimum atomic E-state index is 0. The number of likely N-dealkylation sites (N-methyl/N-ethyl adjacent to an activating group) is 1. The van der Waals surface area contributed by atoms with Crippen LogP contribution in [0.4, 0.5) is 0 Å². The molecule has 156 valence electrons. The van der Waals surface area contributed by atoms with Gasteiger partial charge in [0.2, 0.25) is 0 Å². The smallest absolute Gasteiger partial charge is 0.0558 e. The number of aliphatic hydroxyl groups is 4. The van der Waals surface area contributed by atoms with Crippen LogP contribution in [0.25, 0.3) is 0 Å². The molecule has 6 heteroatoms. The van der Waals surface area contributed by atoms with E-state index in [1.54, 1.807) is 0 Å². The van der Waals surface area contributed by atoms with Gasteiger partial charge in [-0.05, 0) is 51.1 Å². The van der Waals surface area contributed by atoms with Crippen LogP contribution in [0.2, 0.25) is 0 Å². The minimum absolute atomic E-state index is 0. The van der Waals surface area contributed by atoms with Crippen molar-refractivity contribution in [3.05, 3.63) is 0 Å². The van der Waals surface area contributed by atoms with Crippen molar-refractivity contribution in [2.75, 3.05) is 47.1 Å². The summed E-state index contributed by atoms with van der Waals surface area (Å²) in [6.07, 6.45) is 2.79. The molecule has 0 heterocycles. The topological polar surface area (TPSA) is 84.2 Å². The van der Waals surface area contributed by atoms with Gasteiger partial charge in [0.25, 0.3) is 0 Å². The molecule has 0 amide bonds.